The van der Waals surface area contributed by atoms with Crippen molar-refractivity contribution in [1.29, 1.82) is 0 Å². The highest BCUT2D eigenvalue weighted by atomic mass is 16.5. The zero-order valence-corrected chi connectivity index (χ0v) is 11.7. The van der Waals surface area contributed by atoms with Crippen molar-refractivity contribution in [2.45, 2.75) is 25.8 Å². The van der Waals surface area contributed by atoms with Crippen LogP contribution in [-0.4, -0.2) is 37.6 Å². The zero-order chi connectivity index (χ0) is 13.7. The van der Waals surface area contributed by atoms with Gasteiger partial charge in [0.15, 0.2) is 0 Å². The number of carbonyl (C=O) groups excluding carboxylic acids is 1. The summed E-state index contributed by atoms with van der Waals surface area (Å²) in [7, 11) is 1.67. The lowest BCUT2D eigenvalue weighted by atomic mass is 10.1. The molecule has 2 rings (SSSR count). The van der Waals surface area contributed by atoms with E-state index in [1.807, 2.05) is 29.2 Å². The molecule has 0 aliphatic carbocycles. The molecule has 1 amide bonds. The summed E-state index contributed by atoms with van der Waals surface area (Å²) in [6, 6.07) is 8.00. The first-order valence-electron chi connectivity index (χ1n) is 6.86. The molecule has 4 nitrogen and oxygen atoms in total. The molecule has 0 aromatic heterocycles. The average Bonchev–Trinajstić information content (AvgIpc) is 2.98. The number of amides is 1. The fourth-order valence-electron chi connectivity index (χ4n) is 2.45. The van der Waals surface area contributed by atoms with Crippen LogP contribution in [0.15, 0.2) is 24.3 Å². The Labute approximate surface area is 114 Å². The molecule has 4 heteroatoms. The highest BCUT2D eigenvalue weighted by molar-refractivity contribution is 5.78. The number of hydrogen-bond donors (Lipinski definition) is 1. The number of nitrogens with one attached hydrogen (secondary N) is 1. The molecule has 1 aliphatic heterocycles. The van der Waals surface area contributed by atoms with Crippen LogP contribution >= 0.6 is 0 Å². The Hall–Kier alpha value is -1.55. The van der Waals surface area contributed by atoms with Gasteiger partial charge in [-0.3, -0.25) is 4.79 Å². The zero-order valence-electron chi connectivity index (χ0n) is 11.7. The monoisotopic (exact) mass is 262 g/mol. The van der Waals surface area contributed by atoms with Crippen molar-refractivity contribution >= 4 is 5.91 Å². The van der Waals surface area contributed by atoms with Gasteiger partial charge < -0.3 is 15.0 Å². The number of carbonyl (C=O) groups is 1. The van der Waals surface area contributed by atoms with E-state index in [1.165, 1.54) is 0 Å². The lowest BCUT2D eigenvalue weighted by Gasteiger charge is -2.20. The second-order valence-electron chi connectivity index (χ2n) is 4.93. The van der Waals surface area contributed by atoms with Crippen LogP contribution in [0.1, 0.15) is 31.4 Å². The SMILES string of the molecule is COc1ccccc1[C@@H](C)NCC(=O)N1CCCC1. The predicted molar refractivity (Wildman–Crippen MR) is 75.2 cm³/mol. The van der Waals surface area contributed by atoms with E-state index in [-0.39, 0.29) is 11.9 Å². The number of para-hydroxylation sites is 1. The van der Waals surface area contributed by atoms with Crippen LogP contribution < -0.4 is 10.1 Å². The fraction of sp³-hybridized carbons (Fsp3) is 0.533. The minimum Gasteiger partial charge on any atom is -0.496 e. The third-order valence-electron chi connectivity index (χ3n) is 3.62. The van der Waals surface area contributed by atoms with E-state index in [2.05, 4.69) is 12.2 Å². The normalized spacial score (nSPS) is 16.4. The van der Waals surface area contributed by atoms with Crippen LogP contribution in [0, 0.1) is 0 Å². The van der Waals surface area contributed by atoms with Gasteiger partial charge in [-0.25, -0.2) is 0 Å². The van der Waals surface area contributed by atoms with Gasteiger partial charge in [0, 0.05) is 24.7 Å². The first-order chi connectivity index (χ1) is 9.22. The molecular weight excluding hydrogens is 240 g/mol. The van der Waals surface area contributed by atoms with Gasteiger partial charge in [-0.05, 0) is 25.8 Å². The third kappa shape index (κ3) is 3.47. The van der Waals surface area contributed by atoms with Crippen LogP contribution in [0.25, 0.3) is 0 Å². The summed E-state index contributed by atoms with van der Waals surface area (Å²) >= 11 is 0. The predicted octanol–water partition coefficient (Wildman–Crippen LogP) is 1.97. The summed E-state index contributed by atoms with van der Waals surface area (Å²) in [5.41, 5.74) is 1.08. The van der Waals surface area contributed by atoms with E-state index in [0.29, 0.717) is 6.54 Å². The van der Waals surface area contributed by atoms with Crippen LogP contribution in [-0.2, 0) is 4.79 Å². The number of likely N-dealkylation sites (tertiary alicyclic amines) is 1. The Morgan fingerprint density at radius 3 is 2.74 bits per heavy atom. The van der Waals surface area contributed by atoms with E-state index in [0.717, 1.165) is 37.2 Å². The molecule has 1 aromatic carbocycles. The molecule has 0 spiro atoms. The van der Waals surface area contributed by atoms with Gasteiger partial charge in [-0.2, -0.15) is 0 Å². The first kappa shape index (κ1) is 13.9. The molecule has 1 heterocycles. The summed E-state index contributed by atoms with van der Waals surface area (Å²) < 4.78 is 5.34. The van der Waals surface area contributed by atoms with E-state index >= 15 is 0 Å². The maximum atomic E-state index is 12.0. The Morgan fingerprint density at radius 1 is 1.37 bits per heavy atom. The van der Waals surface area contributed by atoms with Gasteiger partial charge in [0.2, 0.25) is 5.91 Å². The molecule has 19 heavy (non-hydrogen) atoms. The maximum Gasteiger partial charge on any atom is 0.236 e. The molecule has 1 saturated heterocycles. The maximum absolute atomic E-state index is 12.0. The summed E-state index contributed by atoms with van der Waals surface area (Å²) in [6.45, 7) is 4.25. The molecule has 0 bridgehead atoms. The number of rotatable bonds is 5. The van der Waals surface area contributed by atoms with Crippen molar-refractivity contribution < 1.29 is 9.53 Å². The van der Waals surface area contributed by atoms with Gasteiger partial charge in [-0.15, -0.1) is 0 Å². The van der Waals surface area contributed by atoms with Crippen molar-refractivity contribution in [3.05, 3.63) is 29.8 Å². The molecule has 0 saturated carbocycles. The lowest BCUT2D eigenvalue weighted by molar-refractivity contribution is -0.129. The minimum atomic E-state index is 0.0997. The molecule has 104 valence electrons. The molecule has 1 fully saturated rings. The Balaban J connectivity index is 1.89. The number of nitrogens with zero attached hydrogens (tertiary/aromatic N) is 1. The summed E-state index contributed by atoms with van der Waals surface area (Å²) in [5.74, 6) is 1.05. The van der Waals surface area contributed by atoms with E-state index in [9.17, 15) is 4.79 Å². The van der Waals surface area contributed by atoms with Crippen LogP contribution in [0.4, 0.5) is 0 Å². The van der Waals surface area contributed by atoms with Gasteiger partial charge in [0.25, 0.3) is 0 Å². The summed E-state index contributed by atoms with van der Waals surface area (Å²) in [4.78, 5) is 13.9. The van der Waals surface area contributed by atoms with Crippen LogP contribution in [0.3, 0.4) is 0 Å². The van der Waals surface area contributed by atoms with Crippen molar-refractivity contribution in [1.82, 2.24) is 10.2 Å². The van der Waals surface area contributed by atoms with Crippen molar-refractivity contribution in [2.24, 2.45) is 0 Å². The highest BCUT2D eigenvalue weighted by Crippen LogP contribution is 2.24. The largest absolute Gasteiger partial charge is 0.496 e. The summed E-state index contributed by atoms with van der Waals surface area (Å²) in [5, 5.41) is 3.28. The van der Waals surface area contributed by atoms with Crippen molar-refractivity contribution in [2.75, 3.05) is 26.7 Å². The third-order valence-corrected chi connectivity index (χ3v) is 3.62. The lowest BCUT2D eigenvalue weighted by Crippen LogP contribution is -2.37. The average molecular weight is 262 g/mol. The fourth-order valence-corrected chi connectivity index (χ4v) is 2.45. The molecule has 0 radical (unpaired) electrons. The second kappa shape index (κ2) is 6.57. The van der Waals surface area contributed by atoms with Crippen LogP contribution in [0.2, 0.25) is 0 Å². The van der Waals surface area contributed by atoms with E-state index in [1.54, 1.807) is 7.11 Å². The van der Waals surface area contributed by atoms with Gasteiger partial charge in [0.1, 0.15) is 5.75 Å². The summed E-state index contributed by atoms with van der Waals surface area (Å²) in [6.07, 6.45) is 2.27. The highest BCUT2D eigenvalue weighted by Gasteiger charge is 2.18. The molecule has 1 aromatic rings. The van der Waals surface area contributed by atoms with E-state index in [4.69, 9.17) is 4.74 Å². The second-order valence-corrected chi connectivity index (χ2v) is 4.93. The molecule has 0 unspecified atom stereocenters. The quantitative estimate of drug-likeness (QED) is 0.882. The number of benzene rings is 1. The van der Waals surface area contributed by atoms with Gasteiger partial charge in [0.05, 0.1) is 13.7 Å². The molecule has 1 aliphatic rings. The number of methoxy groups -OCH3 is 1. The Morgan fingerprint density at radius 2 is 2.05 bits per heavy atom. The van der Waals surface area contributed by atoms with Crippen LogP contribution in [0.5, 0.6) is 5.75 Å². The van der Waals surface area contributed by atoms with E-state index < -0.39 is 0 Å². The Bertz CT molecular complexity index is 428. The minimum absolute atomic E-state index is 0.0997. The van der Waals surface area contributed by atoms with Crippen molar-refractivity contribution in [3.63, 3.8) is 0 Å². The Kier molecular flexibility index (Phi) is 4.80. The molecule has 1 atom stereocenters. The number of hydrogen-bond acceptors (Lipinski definition) is 3. The van der Waals surface area contributed by atoms with Crippen molar-refractivity contribution in [3.8, 4) is 5.75 Å². The van der Waals surface area contributed by atoms with Gasteiger partial charge >= 0.3 is 0 Å². The van der Waals surface area contributed by atoms with Gasteiger partial charge in [-0.1, -0.05) is 18.2 Å². The standard InChI is InChI=1S/C15H22N2O2/c1-12(13-7-3-4-8-14(13)19-2)16-11-15(18)17-9-5-6-10-17/h3-4,7-8,12,16H,5-6,9-11H2,1-2H3/t12-/m1/s1. The smallest absolute Gasteiger partial charge is 0.236 e. The molecule has 1 N–H and O–H groups in total. The molecular formula is C15H22N2O2. The number of ether oxygens (including phenoxy) is 1. The topological polar surface area (TPSA) is 41.6 Å². The first-order valence-corrected chi connectivity index (χ1v) is 6.86.